The van der Waals surface area contributed by atoms with Crippen LogP contribution in [0.5, 0.6) is 0 Å². The summed E-state index contributed by atoms with van der Waals surface area (Å²) in [4.78, 5) is 63.7. The Labute approximate surface area is 180 Å². The number of urea groups is 1. The molecule has 11 nitrogen and oxygen atoms in total. The monoisotopic (exact) mass is 436 g/mol. The topological polar surface area (TPSA) is 159 Å². The third kappa shape index (κ3) is 7.26. The number of unbranched alkanes of at least 4 members (excludes halogenated alkanes) is 1. The van der Waals surface area contributed by atoms with Crippen LogP contribution in [-0.2, 0) is 16.1 Å². The maximum Gasteiger partial charge on any atom is 0.328 e. The van der Waals surface area contributed by atoms with Crippen molar-refractivity contribution >= 4 is 17.8 Å². The molecule has 0 spiro atoms. The second-order valence-corrected chi connectivity index (χ2v) is 8.79. The van der Waals surface area contributed by atoms with Crippen LogP contribution in [0.25, 0.3) is 0 Å². The van der Waals surface area contributed by atoms with Crippen molar-refractivity contribution in [2.24, 2.45) is 11.1 Å². The average molecular weight is 437 g/mol. The first-order chi connectivity index (χ1) is 14.5. The molecule has 1 saturated heterocycles. The highest BCUT2D eigenvalue weighted by atomic mass is 16.2. The summed E-state index contributed by atoms with van der Waals surface area (Å²) < 4.78 is 1.14. The van der Waals surface area contributed by atoms with Gasteiger partial charge in [-0.25, -0.2) is 9.59 Å². The highest BCUT2D eigenvalue weighted by molar-refractivity contribution is 5.86. The molecule has 1 aliphatic rings. The van der Waals surface area contributed by atoms with E-state index in [0.29, 0.717) is 19.4 Å². The molecule has 0 aliphatic carbocycles. The molecule has 31 heavy (non-hydrogen) atoms. The number of amides is 4. The van der Waals surface area contributed by atoms with Crippen molar-refractivity contribution in [3.63, 3.8) is 0 Å². The number of carbonyl (C=O) groups is 3. The fourth-order valence-corrected chi connectivity index (χ4v) is 3.90. The highest BCUT2D eigenvalue weighted by Gasteiger charge is 2.36. The van der Waals surface area contributed by atoms with Crippen LogP contribution < -0.4 is 27.6 Å². The van der Waals surface area contributed by atoms with E-state index >= 15 is 0 Å². The van der Waals surface area contributed by atoms with Crippen LogP contribution in [0.2, 0.25) is 0 Å². The standard InChI is InChI=1S/C20H32N6O5/c1-4-5-6-14(23-18(21)30)17(29)22-13-9-20(2,3)12-26(10-13)16(28)11-25-8-7-15(27)24-19(25)31/h7-8,13-14H,4-6,9-12H2,1-3H3,(H,22,29)(H3,21,23,30)(H,24,27,31). The fourth-order valence-electron chi connectivity index (χ4n) is 3.90. The van der Waals surface area contributed by atoms with Crippen molar-refractivity contribution in [2.75, 3.05) is 13.1 Å². The van der Waals surface area contributed by atoms with E-state index in [2.05, 4.69) is 15.6 Å². The molecule has 0 bridgehead atoms. The molecule has 2 unspecified atom stereocenters. The molecule has 0 radical (unpaired) electrons. The van der Waals surface area contributed by atoms with Crippen molar-refractivity contribution in [3.05, 3.63) is 33.1 Å². The summed E-state index contributed by atoms with van der Waals surface area (Å²) in [6.45, 7) is 6.51. The maximum atomic E-state index is 12.8. The lowest BCUT2D eigenvalue weighted by Gasteiger charge is -2.43. The summed E-state index contributed by atoms with van der Waals surface area (Å²) in [5.41, 5.74) is 3.75. The second kappa shape index (κ2) is 10.3. The third-order valence-corrected chi connectivity index (χ3v) is 5.24. The molecule has 2 atom stereocenters. The highest BCUT2D eigenvalue weighted by Crippen LogP contribution is 2.29. The van der Waals surface area contributed by atoms with Gasteiger partial charge < -0.3 is 21.3 Å². The van der Waals surface area contributed by atoms with Crippen LogP contribution in [0.1, 0.15) is 46.5 Å². The van der Waals surface area contributed by atoms with Crippen LogP contribution in [0.4, 0.5) is 4.79 Å². The van der Waals surface area contributed by atoms with Crippen molar-refractivity contribution in [1.29, 1.82) is 0 Å². The summed E-state index contributed by atoms with van der Waals surface area (Å²) in [6.07, 6.45) is 4.03. The van der Waals surface area contributed by atoms with Crippen LogP contribution >= 0.6 is 0 Å². The van der Waals surface area contributed by atoms with Gasteiger partial charge in [0.2, 0.25) is 11.8 Å². The summed E-state index contributed by atoms with van der Waals surface area (Å²) in [5.74, 6) is -0.627. The van der Waals surface area contributed by atoms with Crippen LogP contribution in [-0.4, -0.2) is 57.5 Å². The number of piperidine rings is 1. The zero-order valence-corrected chi connectivity index (χ0v) is 18.3. The molecule has 1 aromatic heterocycles. The zero-order chi connectivity index (χ0) is 23.2. The van der Waals surface area contributed by atoms with E-state index in [1.54, 1.807) is 4.90 Å². The number of aromatic nitrogens is 2. The molecule has 0 aromatic carbocycles. The minimum atomic E-state index is -0.761. The molecular weight excluding hydrogens is 404 g/mol. The van der Waals surface area contributed by atoms with Gasteiger partial charge in [-0.1, -0.05) is 33.6 Å². The Bertz CT molecular complexity index is 921. The van der Waals surface area contributed by atoms with Gasteiger partial charge >= 0.3 is 11.7 Å². The Morgan fingerprint density at radius 1 is 1.32 bits per heavy atom. The first-order valence-corrected chi connectivity index (χ1v) is 10.4. The number of nitrogens with two attached hydrogens (primary N) is 1. The second-order valence-electron chi connectivity index (χ2n) is 8.79. The van der Waals surface area contributed by atoms with Gasteiger partial charge in [0.25, 0.3) is 5.56 Å². The SMILES string of the molecule is CCCCC(NC(N)=O)C(=O)NC1CN(C(=O)Cn2ccc(=O)[nH]c2=O)CC(C)(C)C1. The normalized spacial score (nSPS) is 18.8. The van der Waals surface area contributed by atoms with Gasteiger partial charge in [0.15, 0.2) is 0 Å². The first kappa shape index (κ1) is 24.2. The quantitative estimate of drug-likeness (QED) is 0.432. The Balaban J connectivity index is 2.08. The molecule has 4 amide bonds. The number of aromatic amines is 1. The van der Waals surface area contributed by atoms with E-state index < -0.39 is 23.3 Å². The van der Waals surface area contributed by atoms with Crippen molar-refractivity contribution in [2.45, 2.75) is 65.1 Å². The third-order valence-electron chi connectivity index (χ3n) is 5.24. The fraction of sp³-hybridized carbons (Fsp3) is 0.650. The molecule has 1 aliphatic heterocycles. The first-order valence-electron chi connectivity index (χ1n) is 10.4. The zero-order valence-electron chi connectivity index (χ0n) is 18.3. The minimum Gasteiger partial charge on any atom is -0.352 e. The Kier molecular flexibility index (Phi) is 8.01. The summed E-state index contributed by atoms with van der Waals surface area (Å²) in [7, 11) is 0. The van der Waals surface area contributed by atoms with E-state index in [1.165, 1.54) is 12.3 Å². The van der Waals surface area contributed by atoms with E-state index in [1.807, 2.05) is 20.8 Å². The number of nitrogens with one attached hydrogen (secondary N) is 3. The van der Waals surface area contributed by atoms with E-state index in [0.717, 1.165) is 17.4 Å². The lowest BCUT2D eigenvalue weighted by Crippen LogP contribution is -2.58. The maximum absolute atomic E-state index is 12.8. The van der Waals surface area contributed by atoms with Crippen molar-refractivity contribution < 1.29 is 14.4 Å². The van der Waals surface area contributed by atoms with Gasteiger partial charge in [0.05, 0.1) is 0 Å². The average Bonchev–Trinajstić information content (AvgIpc) is 2.65. The van der Waals surface area contributed by atoms with Crippen molar-refractivity contribution in [1.82, 2.24) is 25.1 Å². The lowest BCUT2D eigenvalue weighted by molar-refractivity contribution is -0.137. The van der Waals surface area contributed by atoms with E-state index in [9.17, 15) is 24.0 Å². The van der Waals surface area contributed by atoms with Gasteiger partial charge in [0.1, 0.15) is 12.6 Å². The molecule has 1 aromatic rings. The summed E-state index contributed by atoms with van der Waals surface area (Å²) in [6, 6.07) is -0.624. The number of nitrogens with zero attached hydrogens (tertiary/aromatic N) is 2. The Morgan fingerprint density at radius 2 is 2.03 bits per heavy atom. The molecule has 1 fully saturated rings. The number of primary amides is 1. The van der Waals surface area contributed by atoms with Crippen LogP contribution in [0.3, 0.4) is 0 Å². The molecule has 2 heterocycles. The number of rotatable bonds is 8. The Morgan fingerprint density at radius 3 is 2.65 bits per heavy atom. The minimum absolute atomic E-state index is 0.214. The number of hydrogen-bond acceptors (Lipinski definition) is 5. The van der Waals surface area contributed by atoms with E-state index in [4.69, 9.17) is 5.73 Å². The smallest absolute Gasteiger partial charge is 0.328 e. The molecule has 11 heteroatoms. The van der Waals surface area contributed by atoms with Gasteiger partial charge in [0, 0.05) is 31.4 Å². The molecule has 0 saturated carbocycles. The van der Waals surface area contributed by atoms with Gasteiger partial charge in [-0.15, -0.1) is 0 Å². The van der Waals surface area contributed by atoms with E-state index in [-0.39, 0.29) is 36.4 Å². The van der Waals surface area contributed by atoms with Gasteiger partial charge in [-0.05, 0) is 18.3 Å². The van der Waals surface area contributed by atoms with Gasteiger partial charge in [-0.3, -0.25) is 23.9 Å². The summed E-state index contributed by atoms with van der Waals surface area (Å²) >= 11 is 0. The number of hydrogen-bond donors (Lipinski definition) is 4. The number of likely N-dealkylation sites (tertiary alicyclic amines) is 1. The predicted octanol–water partition coefficient (Wildman–Crippen LogP) is -0.493. The molecule has 2 rings (SSSR count). The lowest BCUT2D eigenvalue weighted by atomic mass is 9.81. The van der Waals surface area contributed by atoms with Crippen molar-refractivity contribution in [3.8, 4) is 0 Å². The van der Waals surface area contributed by atoms with Crippen LogP contribution in [0, 0.1) is 5.41 Å². The summed E-state index contributed by atoms with van der Waals surface area (Å²) in [5, 5.41) is 5.42. The number of carbonyl (C=O) groups excluding carboxylic acids is 3. The largest absolute Gasteiger partial charge is 0.352 e. The predicted molar refractivity (Wildman–Crippen MR) is 114 cm³/mol. The molecule has 172 valence electrons. The van der Waals surface area contributed by atoms with Crippen LogP contribution in [0.15, 0.2) is 21.9 Å². The Hall–Kier alpha value is -3.11. The molecular formula is C20H32N6O5. The van der Waals surface area contributed by atoms with Gasteiger partial charge in [-0.2, -0.15) is 0 Å². The number of H-pyrrole nitrogens is 1. The molecule has 5 N–H and O–H groups in total.